The Hall–Kier alpha value is -3.48. The fraction of sp³-hybridized carbons (Fsp3) is 0.238. The van der Waals surface area contributed by atoms with Gasteiger partial charge < -0.3 is 18.9 Å². The first-order valence-electron chi connectivity index (χ1n) is 8.66. The van der Waals surface area contributed by atoms with Crippen LogP contribution in [0.1, 0.15) is 19.4 Å². The highest BCUT2D eigenvalue weighted by molar-refractivity contribution is 5.89. The first kappa shape index (κ1) is 19.3. The maximum absolute atomic E-state index is 12.2. The predicted molar refractivity (Wildman–Crippen MR) is 104 cm³/mol. The number of fused-ring (bicyclic) bond motifs is 1. The van der Waals surface area contributed by atoms with E-state index in [-0.39, 0.29) is 12.6 Å². The molecule has 7 nitrogen and oxygen atoms in total. The van der Waals surface area contributed by atoms with Crippen LogP contribution in [0, 0.1) is 0 Å². The lowest BCUT2D eigenvalue weighted by Crippen LogP contribution is -2.37. The molecule has 0 radical (unpaired) electrons. The van der Waals surface area contributed by atoms with Gasteiger partial charge in [-0.15, -0.1) is 0 Å². The van der Waals surface area contributed by atoms with Crippen molar-refractivity contribution < 1.29 is 28.5 Å². The van der Waals surface area contributed by atoms with Gasteiger partial charge in [-0.1, -0.05) is 24.3 Å². The van der Waals surface area contributed by atoms with Gasteiger partial charge >= 0.3 is 12.1 Å². The molecule has 0 saturated heterocycles. The molecule has 146 valence electrons. The summed E-state index contributed by atoms with van der Waals surface area (Å²) in [6.45, 7) is 3.24. The average Bonchev–Trinajstić information content (AvgIpc) is 2.67. The van der Waals surface area contributed by atoms with E-state index in [1.165, 1.54) is 14.0 Å². The van der Waals surface area contributed by atoms with Gasteiger partial charge in [0.05, 0.1) is 12.8 Å². The Morgan fingerprint density at radius 3 is 2.61 bits per heavy atom. The van der Waals surface area contributed by atoms with Crippen LogP contribution in [-0.2, 0) is 9.53 Å². The molecule has 0 bridgehead atoms. The molecule has 1 heterocycles. The summed E-state index contributed by atoms with van der Waals surface area (Å²) in [7, 11) is 1.49. The Bertz CT molecular complexity index is 909. The van der Waals surface area contributed by atoms with Crippen molar-refractivity contribution >= 4 is 23.8 Å². The van der Waals surface area contributed by atoms with E-state index in [9.17, 15) is 9.59 Å². The van der Waals surface area contributed by atoms with E-state index in [1.54, 1.807) is 42.5 Å². The maximum Gasteiger partial charge on any atom is 0.417 e. The summed E-state index contributed by atoms with van der Waals surface area (Å²) in [5.41, 5.74) is 0.403. The van der Waals surface area contributed by atoms with E-state index < -0.39 is 11.7 Å². The van der Waals surface area contributed by atoms with Crippen molar-refractivity contribution in [3.63, 3.8) is 0 Å². The number of hydrogen-bond acceptors (Lipinski definition) is 6. The number of anilines is 1. The van der Waals surface area contributed by atoms with Crippen molar-refractivity contribution in [2.45, 2.75) is 19.4 Å². The normalized spacial score (nSPS) is 17.1. The highest BCUT2D eigenvalue weighted by atomic mass is 16.6. The molecular formula is C21H21NO6. The van der Waals surface area contributed by atoms with E-state index in [4.69, 9.17) is 18.9 Å². The summed E-state index contributed by atoms with van der Waals surface area (Å²) in [4.78, 5) is 23.3. The van der Waals surface area contributed by atoms with Crippen molar-refractivity contribution in [3.8, 4) is 17.2 Å². The summed E-state index contributed by atoms with van der Waals surface area (Å²) in [5.74, 6) is 1.02. The van der Waals surface area contributed by atoms with Crippen LogP contribution >= 0.6 is 0 Å². The van der Waals surface area contributed by atoms with Crippen molar-refractivity contribution in [2.75, 3.05) is 19.0 Å². The van der Waals surface area contributed by atoms with Gasteiger partial charge in [-0.3, -0.25) is 10.1 Å². The Labute approximate surface area is 162 Å². The quantitative estimate of drug-likeness (QED) is 0.785. The first-order valence-corrected chi connectivity index (χ1v) is 8.66. The Balaban J connectivity index is 1.77. The molecule has 1 atom stereocenters. The van der Waals surface area contributed by atoms with Gasteiger partial charge in [0.25, 0.3) is 0 Å². The second-order valence-corrected chi connectivity index (χ2v) is 6.45. The van der Waals surface area contributed by atoms with Crippen molar-refractivity contribution in [3.05, 3.63) is 54.1 Å². The standard InChI is InChI=1S/C21H21NO6/c1-14(23)26-13-21(2)10-9-15-11-17(19(25-3)12-18(15)28-21)22-20(24)27-16-7-5-4-6-8-16/h4-12H,13H2,1-3H3,(H,22,24). The van der Waals surface area contributed by atoms with Crippen LogP contribution < -0.4 is 19.5 Å². The number of rotatable bonds is 5. The number of methoxy groups -OCH3 is 1. The minimum Gasteiger partial charge on any atom is -0.494 e. The maximum atomic E-state index is 12.2. The van der Waals surface area contributed by atoms with Gasteiger partial charge in [-0.05, 0) is 31.2 Å². The van der Waals surface area contributed by atoms with Crippen LogP contribution in [0.15, 0.2) is 48.5 Å². The van der Waals surface area contributed by atoms with Gasteiger partial charge in [-0.25, -0.2) is 4.79 Å². The molecule has 1 amide bonds. The Morgan fingerprint density at radius 1 is 1.18 bits per heavy atom. The largest absolute Gasteiger partial charge is 0.494 e. The van der Waals surface area contributed by atoms with Gasteiger partial charge in [0.15, 0.2) is 5.60 Å². The summed E-state index contributed by atoms with van der Waals surface area (Å²) in [6.07, 6.45) is 3.01. The second kappa shape index (κ2) is 8.04. The number of carbonyl (C=O) groups is 2. The number of hydrogen-bond donors (Lipinski definition) is 1. The number of para-hydroxylation sites is 1. The number of amides is 1. The third-order valence-corrected chi connectivity index (χ3v) is 4.04. The smallest absolute Gasteiger partial charge is 0.417 e. The molecule has 0 spiro atoms. The molecule has 7 heteroatoms. The van der Waals surface area contributed by atoms with Crippen molar-refractivity contribution in [1.82, 2.24) is 0 Å². The Kier molecular flexibility index (Phi) is 5.54. The van der Waals surface area contributed by atoms with Gasteiger partial charge in [0.2, 0.25) is 0 Å². The molecule has 2 aromatic carbocycles. The van der Waals surface area contributed by atoms with Gasteiger partial charge in [0.1, 0.15) is 23.9 Å². The van der Waals surface area contributed by atoms with Crippen LogP contribution in [0.5, 0.6) is 17.2 Å². The summed E-state index contributed by atoms with van der Waals surface area (Å²) >= 11 is 0. The van der Waals surface area contributed by atoms with Gasteiger partial charge in [0, 0.05) is 18.6 Å². The molecule has 2 aromatic rings. The van der Waals surface area contributed by atoms with E-state index in [2.05, 4.69) is 5.32 Å². The van der Waals surface area contributed by atoms with Gasteiger partial charge in [-0.2, -0.15) is 0 Å². The third-order valence-electron chi connectivity index (χ3n) is 4.04. The zero-order chi connectivity index (χ0) is 20.1. The van der Waals surface area contributed by atoms with E-state index in [1.807, 2.05) is 19.1 Å². The van der Waals surface area contributed by atoms with Crippen molar-refractivity contribution in [2.24, 2.45) is 0 Å². The Morgan fingerprint density at radius 2 is 1.93 bits per heavy atom. The van der Waals surface area contributed by atoms with E-state index in [0.29, 0.717) is 22.9 Å². The molecule has 0 saturated carbocycles. The minimum absolute atomic E-state index is 0.0873. The lowest BCUT2D eigenvalue weighted by Gasteiger charge is -2.31. The number of carbonyl (C=O) groups excluding carboxylic acids is 2. The monoisotopic (exact) mass is 383 g/mol. The van der Waals surface area contributed by atoms with Crippen LogP contribution in [0.25, 0.3) is 6.08 Å². The lowest BCUT2D eigenvalue weighted by molar-refractivity contribution is -0.145. The van der Waals surface area contributed by atoms with Crippen LogP contribution in [0.2, 0.25) is 0 Å². The fourth-order valence-corrected chi connectivity index (χ4v) is 2.67. The average molecular weight is 383 g/mol. The molecule has 1 unspecified atom stereocenters. The summed E-state index contributed by atoms with van der Waals surface area (Å²) < 4.78 is 21.7. The molecule has 1 aliphatic heterocycles. The molecule has 1 N–H and O–H groups in total. The van der Waals surface area contributed by atoms with Crippen LogP contribution in [0.4, 0.5) is 10.5 Å². The third kappa shape index (κ3) is 4.62. The van der Waals surface area contributed by atoms with E-state index >= 15 is 0 Å². The number of ether oxygens (including phenoxy) is 4. The topological polar surface area (TPSA) is 83.1 Å². The highest BCUT2D eigenvalue weighted by Gasteiger charge is 2.30. The first-order chi connectivity index (χ1) is 13.4. The molecule has 3 rings (SSSR count). The molecule has 1 aliphatic rings. The molecule has 28 heavy (non-hydrogen) atoms. The summed E-state index contributed by atoms with van der Waals surface area (Å²) in [5, 5.41) is 2.68. The number of benzene rings is 2. The van der Waals surface area contributed by atoms with Crippen molar-refractivity contribution in [1.29, 1.82) is 0 Å². The number of esters is 1. The summed E-state index contributed by atoms with van der Waals surface area (Å²) in [6, 6.07) is 12.1. The zero-order valence-electron chi connectivity index (χ0n) is 15.9. The minimum atomic E-state index is -0.787. The predicted octanol–water partition coefficient (Wildman–Crippen LogP) is 4.03. The molecular weight excluding hydrogens is 362 g/mol. The lowest BCUT2D eigenvalue weighted by atomic mass is 10.0. The van der Waals surface area contributed by atoms with Crippen LogP contribution in [0.3, 0.4) is 0 Å². The van der Waals surface area contributed by atoms with Crippen LogP contribution in [-0.4, -0.2) is 31.4 Å². The zero-order valence-corrected chi connectivity index (χ0v) is 15.9. The van der Waals surface area contributed by atoms with E-state index in [0.717, 1.165) is 5.56 Å². The molecule has 0 fully saturated rings. The number of nitrogens with one attached hydrogen (secondary N) is 1. The second-order valence-electron chi connectivity index (χ2n) is 6.45. The highest BCUT2D eigenvalue weighted by Crippen LogP contribution is 2.38. The SMILES string of the molecule is COc1cc2c(cc1NC(=O)Oc1ccccc1)C=CC(C)(COC(C)=O)O2. The molecule has 0 aliphatic carbocycles. The fourth-order valence-electron chi connectivity index (χ4n) is 2.67. The molecule has 0 aromatic heterocycles.